The number of nitriles is 1. The predicted octanol–water partition coefficient (Wildman–Crippen LogP) is 2.26. The van der Waals surface area contributed by atoms with Crippen molar-refractivity contribution in [1.29, 1.82) is 5.26 Å². The Hall–Kier alpha value is -2.46. The SMILES string of the molecule is N#Cc1ccc2c(n1)CC1(C2)C(=O)N(SF)c2ncccc21. The van der Waals surface area contributed by atoms with Crippen molar-refractivity contribution in [2.24, 2.45) is 0 Å². The average molecular weight is 312 g/mol. The maximum Gasteiger partial charge on any atom is 0.251 e. The molecule has 22 heavy (non-hydrogen) atoms. The molecule has 108 valence electrons. The lowest BCUT2D eigenvalue weighted by atomic mass is 9.80. The maximum absolute atomic E-state index is 13.2. The highest BCUT2D eigenvalue weighted by Gasteiger charge is 2.55. The van der Waals surface area contributed by atoms with Gasteiger partial charge in [-0.2, -0.15) is 5.26 Å². The molecule has 5 nitrogen and oxygen atoms in total. The molecule has 1 aliphatic heterocycles. The van der Waals surface area contributed by atoms with Crippen molar-refractivity contribution in [1.82, 2.24) is 9.97 Å². The molecule has 1 aliphatic carbocycles. The van der Waals surface area contributed by atoms with Crippen molar-refractivity contribution in [3.05, 3.63) is 53.0 Å². The van der Waals surface area contributed by atoms with E-state index in [0.29, 0.717) is 24.4 Å². The summed E-state index contributed by atoms with van der Waals surface area (Å²) in [6, 6.07) is 9.03. The molecule has 3 heterocycles. The van der Waals surface area contributed by atoms with Crippen LogP contribution in [-0.4, -0.2) is 15.9 Å². The molecular formula is C15H9FN4OS. The van der Waals surface area contributed by atoms with Crippen LogP contribution in [0.5, 0.6) is 0 Å². The average Bonchev–Trinajstić information content (AvgIpc) is 3.04. The summed E-state index contributed by atoms with van der Waals surface area (Å²) in [4.78, 5) is 21.2. The molecule has 0 radical (unpaired) electrons. The third-order valence-corrected chi connectivity index (χ3v) is 4.78. The van der Waals surface area contributed by atoms with Crippen LogP contribution in [0.4, 0.5) is 9.70 Å². The van der Waals surface area contributed by atoms with E-state index in [1.165, 1.54) is 0 Å². The van der Waals surface area contributed by atoms with Crippen molar-refractivity contribution in [3.8, 4) is 6.07 Å². The van der Waals surface area contributed by atoms with Gasteiger partial charge in [0, 0.05) is 23.9 Å². The Morgan fingerprint density at radius 1 is 1.36 bits per heavy atom. The molecule has 1 spiro atoms. The third kappa shape index (κ3) is 1.56. The second-order valence-corrected chi connectivity index (χ2v) is 5.90. The van der Waals surface area contributed by atoms with Crippen LogP contribution in [0.3, 0.4) is 0 Å². The first-order valence-electron chi connectivity index (χ1n) is 6.67. The van der Waals surface area contributed by atoms with Crippen LogP contribution in [0.2, 0.25) is 0 Å². The highest BCUT2D eigenvalue weighted by atomic mass is 32.2. The monoisotopic (exact) mass is 312 g/mol. The summed E-state index contributed by atoms with van der Waals surface area (Å²) in [5.41, 5.74) is 1.85. The van der Waals surface area contributed by atoms with Gasteiger partial charge in [0.25, 0.3) is 5.91 Å². The summed E-state index contributed by atoms with van der Waals surface area (Å²) in [5, 5.41) is 8.96. The molecule has 4 rings (SSSR count). The fraction of sp³-hybridized carbons (Fsp3) is 0.200. The first-order valence-corrected chi connectivity index (χ1v) is 7.34. The van der Waals surface area contributed by atoms with E-state index < -0.39 is 5.41 Å². The van der Waals surface area contributed by atoms with Crippen LogP contribution in [-0.2, 0) is 23.1 Å². The number of carbonyl (C=O) groups excluding carboxylic acids is 1. The van der Waals surface area contributed by atoms with Gasteiger partial charge in [-0.15, -0.1) is 3.89 Å². The number of carbonyl (C=O) groups is 1. The fourth-order valence-electron chi connectivity index (χ4n) is 3.32. The largest absolute Gasteiger partial charge is 0.272 e. The van der Waals surface area contributed by atoms with E-state index in [0.717, 1.165) is 21.1 Å². The normalized spacial score (nSPS) is 21.8. The number of rotatable bonds is 1. The number of anilines is 1. The van der Waals surface area contributed by atoms with Gasteiger partial charge in [0.05, 0.1) is 5.41 Å². The summed E-state index contributed by atoms with van der Waals surface area (Å²) >= 11 is -0.121. The first-order chi connectivity index (χ1) is 10.7. The van der Waals surface area contributed by atoms with Crippen LogP contribution in [0.25, 0.3) is 0 Å². The number of pyridine rings is 2. The zero-order valence-corrected chi connectivity index (χ0v) is 12.1. The number of hydrogen-bond donors (Lipinski definition) is 0. The van der Waals surface area contributed by atoms with Gasteiger partial charge in [-0.05, 0) is 24.1 Å². The molecule has 1 unspecified atom stereocenters. The van der Waals surface area contributed by atoms with Crippen molar-refractivity contribution in [2.75, 3.05) is 4.31 Å². The van der Waals surface area contributed by atoms with Crippen molar-refractivity contribution in [2.45, 2.75) is 18.3 Å². The van der Waals surface area contributed by atoms with Crippen LogP contribution in [0.1, 0.15) is 22.5 Å². The first kappa shape index (κ1) is 13.2. The van der Waals surface area contributed by atoms with Gasteiger partial charge in [0.2, 0.25) is 0 Å². The smallest absolute Gasteiger partial charge is 0.251 e. The lowest BCUT2D eigenvalue weighted by molar-refractivity contribution is -0.121. The molecule has 0 fully saturated rings. The Bertz CT molecular complexity index is 850. The standard InChI is InChI=1S/C15H9FN4OS/c16-22-20-13-11(2-1-5-18-13)15(14(20)21)6-9-3-4-10(8-17)19-12(9)7-15/h1-5H,6-7H2. The molecular weight excluding hydrogens is 303 g/mol. The van der Waals surface area contributed by atoms with Gasteiger partial charge in [-0.3, -0.25) is 4.79 Å². The van der Waals surface area contributed by atoms with Crippen molar-refractivity contribution >= 4 is 24.1 Å². The van der Waals surface area contributed by atoms with Crippen LogP contribution in [0.15, 0.2) is 30.5 Å². The predicted molar refractivity (Wildman–Crippen MR) is 78.5 cm³/mol. The van der Waals surface area contributed by atoms with E-state index in [1.54, 1.807) is 18.3 Å². The summed E-state index contributed by atoms with van der Waals surface area (Å²) in [7, 11) is 0. The quantitative estimate of drug-likeness (QED) is 0.755. The Morgan fingerprint density at radius 3 is 3.00 bits per heavy atom. The highest BCUT2D eigenvalue weighted by molar-refractivity contribution is 7.96. The summed E-state index contributed by atoms with van der Waals surface area (Å²) < 4.78 is 14.2. The Kier molecular flexibility index (Phi) is 2.71. The van der Waals surface area contributed by atoms with E-state index in [-0.39, 0.29) is 18.2 Å². The summed E-state index contributed by atoms with van der Waals surface area (Å²) in [5.74, 6) is 0.0403. The van der Waals surface area contributed by atoms with E-state index >= 15 is 0 Å². The second kappa shape index (κ2) is 4.52. The molecule has 0 bridgehead atoms. The van der Waals surface area contributed by atoms with Crippen LogP contribution >= 0.6 is 12.3 Å². The Balaban J connectivity index is 1.87. The molecule has 1 atom stereocenters. The van der Waals surface area contributed by atoms with Crippen molar-refractivity contribution < 1.29 is 8.68 Å². The number of fused-ring (bicyclic) bond motifs is 3. The van der Waals surface area contributed by atoms with Crippen LogP contribution < -0.4 is 4.31 Å². The van der Waals surface area contributed by atoms with E-state index in [2.05, 4.69) is 9.97 Å². The van der Waals surface area contributed by atoms with Gasteiger partial charge >= 0.3 is 0 Å². The lowest BCUT2D eigenvalue weighted by Gasteiger charge is -2.20. The minimum Gasteiger partial charge on any atom is -0.272 e. The summed E-state index contributed by atoms with van der Waals surface area (Å²) in [6.45, 7) is 0. The van der Waals surface area contributed by atoms with E-state index in [1.807, 2.05) is 18.2 Å². The molecule has 0 saturated carbocycles. The number of nitrogens with zero attached hydrogens (tertiary/aromatic N) is 4. The topological polar surface area (TPSA) is 69.9 Å². The number of aromatic nitrogens is 2. The molecule has 2 aliphatic rings. The minimum atomic E-state index is -0.855. The minimum absolute atomic E-state index is 0.121. The zero-order chi connectivity index (χ0) is 15.3. The number of amides is 1. The molecule has 0 aromatic carbocycles. The van der Waals surface area contributed by atoms with Crippen LogP contribution in [0, 0.1) is 11.3 Å². The molecule has 2 aromatic heterocycles. The van der Waals surface area contributed by atoms with E-state index in [9.17, 15) is 8.68 Å². The van der Waals surface area contributed by atoms with Gasteiger partial charge < -0.3 is 0 Å². The molecule has 7 heteroatoms. The highest BCUT2D eigenvalue weighted by Crippen LogP contribution is 2.50. The lowest BCUT2D eigenvalue weighted by Crippen LogP contribution is -2.38. The second-order valence-electron chi connectivity index (χ2n) is 5.39. The van der Waals surface area contributed by atoms with Crippen molar-refractivity contribution in [3.63, 3.8) is 0 Å². The van der Waals surface area contributed by atoms with Gasteiger partial charge in [-0.25, -0.2) is 14.3 Å². The van der Waals surface area contributed by atoms with Gasteiger partial charge in [0.1, 0.15) is 11.8 Å². The number of halogens is 1. The van der Waals surface area contributed by atoms with E-state index in [4.69, 9.17) is 5.26 Å². The molecule has 0 N–H and O–H groups in total. The maximum atomic E-state index is 13.2. The fourth-order valence-corrected chi connectivity index (χ4v) is 3.77. The Labute approximate surface area is 130 Å². The number of hydrogen-bond acceptors (Lipinski definition) is 5. The molecule has 0 saturated heterocycles. The van der Waals surface area contributed by atoms with Gasteiger partial charge in [0.15, 0.2) is 18.2 Å². The third-order valence-electron chi connectivity index (χ3n) is 4.30. The molecule has 2 aromatic rings. The summed E-state index contributed by atoms with van der Waals surface area (Å²) in [6.07, 6.45) is 2.37. The Morgan fingerprint density at radius 2 is 2.23 bits per heavy atom. The van der Waals surface area contributed by atoms with Gasteiger partial charge in [-0.1, -0.05) is 12.1 Å². The zero-order valence-electron chi connectivity index (χ0n) is 11.3. The molecule has 1 amide bonds.